The number of nitrogens with zero attached hydrogens (tertiary/aromatic N) is 2. The summed E-state index contributed by atoms with van der Waals surface area (Å²) in [6.45, 7) is 0. The molecule has 1 aromatic heterocycles. The molecule has 3 heteroatoms. The van der Waals surface area contributed by atoms with Crippen molar-refractivity contribution in [3.05, 3.63) is 18.0 Å². The van der Waals surface area contributed by atoms with Crippen LogP contribution in [0.25, 0.3) is 0 Å². The van der Waals surface area contributed by atoms with Crippen molar-refractivity contribution in [3.8, 4) is 0 Å². The third kappa shape index (κ3) is 2.35. The third-order valence-corrected chi connectivity index (χ3v) is 3.06. The molecule has 0 aromatic carbocycles. The summed E-state index contributed by atoms with van der Waals surface area (Å²) in [5, 5.41) is 13.9. The molecular formula is C11H18N2O. The quantitative estimate of drug-likeness (QED) is 0.789. The number of aromatic nitrogens is 2. The highest BCUT2D eigenvalue weighted by Gasteiger charge is 2.21. The second-order valence-corrected chi connectivity index (χ2v) is 4.41. The summed E-state index contributed by atoms with van der Waals surface area (Å²) in [4.78, 5) is 0. The molecule has 0 spiro atoms. The van der Waals surface area contributed by atoms with E-state index in [1.54, 1.807) is 4.68 Å². The van der Waals surface area contributed by atoms with E-state index in [2.05, 4.69) is 5.10 Å². The van der Waals surface area contributed by atoms with E-state index in [1.807, 2.05) is 19.4 Å². The van der Waals surface area contributed by atoms with E-state index >= 15 is 0 Å². The van der Waals surface area contributed by atoms with Gasteiger partial charge in [0.25, 0.3) is 0 Å². The first-order chi connectivity index (χ1) is 6.74. The van der Waals surface area contributed by atoms with E-state index in [4.69, 9.17) is 0 Å². The van der Waals surface area contributed by atoms with E-state index in [0.29, 0.717) is 0 Å². The number of aliphatic hydroxyl groups is 1. The zero-order valence-electron chi connectivity index (χ0n) is 8.69. The van der Waals surface area contributed by atoms with Gasteiger partial charge in [-0.3, -0.25) is 4.68 Å². The SMILES string of the molecule is Cn1cc(CC(O)CC2CCC2)cn1. The molecule has 3 nitrogen and oxygen atoms in total. The van der Waals surface area contributed by atoms with E-state index in [9.17, 15) is 5.11 Å². The Morgan fingerprint density at radius 1 is 1.64 bits per heavy atom. The van der Waals surface area contributed by atoms with Crippen molar-refractivity contribution >= 4 is 0 Å². The lowest BCUT2D eigenvalue weighted by atomic mass is 9.81. The Kier molecular flexibility index (Phi) is 2.87. The summed E-state index contributed by atoms with van der Waals surface area (Å²) in [7, 11) is 1.90. The van der Waals surface area contributed by atoms with Crippen LogP contribution in [0.1, 0.15) is 31.2 Å². The smallest absolute Gasteiger partial charge is 0.0584 e. The molecular weight excluding hydrogens is 176 g/mol. The zero-order valence-corrected chi connectivity index (χ0v) is 8.69. The van der Waals surface area contributed by atoms with Crippen molar-refractivity contribution in [1.82, 2.24) is 9.78 Å². The van der Waals surface area contributed by atoms with Crippen LogP contribution in [-0.2, 0) is 13.5 Å². The molecule has 1 aliphatic carbocycles. The normalized spacial score (nSPS) is 19.3. The standard InChI is InChI=1S/C11H18N2O/c1-13-8-10(7-12-13)6-11(14)5-9-3-2-4-9/h7-9,11,14H,2-6H2,1H3. The first-order valence-electron chi connectivity index (χ1n) is 5.39. The van der Waals surface area contributed by atoms with Crippen molar-refractivity contribution in [2.45, 2.75) is 38.2 Å². The van der Waals surface area contributed by atoms with Gasteiger partial charge in [-0.2, -0.15) is 5.10 Å². The van der Waals surface area contributed by atoms with Gasteiger partial charge in [0, 0.05) is 19.7 Å². The van der Waals surface area contributed by atoms with Gasteiger partial charge in [-0.05, 0) is 17.9 Å². The summed E-state index contributed by atoms with van der Waals surface area (Å²) in [5.41, 5.74) is 1.14. The fourth-order valence-corrected chi connectivity index (χ4v) is 2.05. The maximum absolute atomic E-state index is 9.81. The number of aryl methyl sites for hydroxylation is 1. The Morgan fingerprint density at radius 3 is 2.93 bits per heavy atom. The van der Waals surface area contributed by atoms with Crippen LogP contribution < -0.4 is 0 Å². The lowest BCUT2D eigenvalue weighted by molar-refractivity contribution is 0.118. The second kappa shape index (κ2) is 4.13. The molecule has 0 saturated heterocycles. The van der Waals surface area contributed by atoms with Crippen LogP contribution in [0.2, 0.25) is 0 Å². The largest absolute Gasteiger partial charge is 0.393 e. The monoisotopic (exact) mass is 194 g/mol. The molecule has 2 rings (SSSR count). The first-order valence-corrected chi connectivity index (χ1v) is 5.39. The fourth-order valence-electron chi connectivity index (χ4n) is 2.05. The van der Waals surface area contributed by atoms with Gasteiger partial charge >= 0.3 is 0 Å². The Hall–Kier alpha value is -0.830. The zero-order chi connectivity index (χ0) is 9.97. The molecule has 1 unspecified atom stereocenters. The lowest BCUT2D eigenvalue weighted by Crippen LogP contribution is -2.20. The number of hydrogen-bond donors (Lipinski definition) is 1. The van der Waals surface area contributed by atoms with Gasteiger partial charge in [-0.15, -0.1) is 0 Å². The van der Waals surface area contributed by atoms with Crippen molar-refractivity contribution in [2.24, 2.45) is 13.0 Å². The van der Waals surface area contributed by atoms with Crippen LogP contribution in [0, 0.1) is 5.92 Å². The van der Waals surface area contributed by atoms with Crippen LogP contribution >= 0.6 is 0 Å². The Morgan fingerprint density at radius 2 is 2.43 bits per heavy atom. The van der Waals surface area contributed by atoms with Crippen LogP contribution in [0.5, 0.6) is 0 Å². The van der Waals surface area contributed by atoms with E-state index in [1.165, 1.54) is 19.3 Å². The van der Waals surface area contributed by atoms with E-state index in [0.717, 1.165) is 24.3 Å². The first kappa shape index (κ1) is 9.71. The Bertz CT molecular complexity index is 291. The highest BCUT2D eigenvalue weighted by molar-refractivity contribution is 5.05. The number of aliphatic hydroxyl groups excluding tert-OH is 1. The average Bonchev–Trinajstić information content (AvgIpc) is 2.44. The molecule has 1 aromatic rings. The minimum atomic E-state index is -0.176. The van der Waals surface area contributed by atoms with Crippen molar-refractivity contribution in [1.29, 1.82) is 0 Å². The topological polar surface area (TPSA) is 38.0 Å². The van der Waals surface area contributed by atoms with E-state index in [-0.39, 0.29) is 6.10 Å². The highest BCUT2D eigenvalue weighted by atomic mass is 16.3. The summed E-state index contributed by atoms with van der Waals surface area (Å²) in [5.74, 6) is 0.779. The van der Waals surface area contributed by atoms with Crippen LogP contribution in [0.4, 0.5) is 0 Å². The molecule has 0 bridgehead atoms. The predicted octanol–water partition coefficient (Wildman–Crippen LogP) is 1.51. The average molecular weight is 194 g/mol. The molecule has 1 fully saturated rings. The molecule has 1 N–H and O–H groups in total. The van der Waals surface area contributed by atoms with Gasteiger partial charge in [0.15, 0.2) is 0 Å². The Labute approximate surface area is 84.7 Å². The van der Waals surface area contributed by atoms with Gasteiger partial charge in [-0.25, -0.2) is 0 Å². The highest BCUT2D eigenvalue weighted by Crippen LogP contribution is 2.30. The van der Waals surface area contributed by atoms with Gasteiger partial charge in [0.2, 0.25) is 0 Å². The number of rotatable bonds is 4. The maximum atomic E-state index is 9.81. The third-order valence-electron chi connectivity index (χ3n) is 3.06. The van der Waals surface area contributed by atoms with Gasteiger partial charge in [0.1, 0.15) is 0 Å². The molecule has 1 atom stereocenters. The van der Waals surface area contributed by atoms with Crippen LogP contribution in [0.15, 0.2) is 12.4 Å². The Balaban J connectivity index is 1.78. The second-order valence-electron chi connectivity index (χ2n) is 4.41. The minimum Gasteiger partial charge on any atom is -0.393 e. The molecule has 0 aliphatic heterocycles. The molecule has 78 valence electrons. The fraction of sp³-hybridized carbons (Fsp3) is 0.727. The summed E-state index contributed by atoms with van der Waals surface area (Å²) in [6, 6.07) is 0. The summed E-state index contributed by atoms with van der Waals surface area (Å²) >= 11 is 0. The van der Waals surface area contributed by atoms with Gasteiger partial charge < -0.3 is 5.11 Å². The van der Waals surface area contributed by atoms with Crippen molar-refractivity contribution in [2.75, 3.05) is 0 Å². The van der Waals surface area contributed by atoms with Crippen molar-refractivity contribution in [3.63, 3.8) is 0 Å². The summed E-state index contributed by atoms with van der Waals surface area (Å²) in [6.07, 6.45) is 9.33. The van der Waals surface area contributed by atoms with Gasteiger partial charge in [-0.1, -0.05) is 19.3 Å². The number of hydrogen-bond acceptors (Lipinski definition) is 2. The molecule has 1 saturated carbocycles. The van der Waals surface area contributed by atoms with Crippen LogP contribution in [-0.4, -0.2) is 21.0 Å². The molecule has 0 radical (unpaired) electrons. The lowest BCUT2D eigenvalue weighted by Gasteiger charge is -2.27. The maximum Gasteiger partial charge on any atom is 0.0584 e. The molecule has 1 heterocycles. The van der Waals surface area contributed by atoms with E-state index < -0.39 is 0 Å². The summed E-state index contributed by atoms with van der Waals surface area (Å²) < 4.78 is 1.78. The molecule has 0 amide bonds. The molecule has 14 heavy (non-hydrogen) atoms. The predicted molar refractivity (Wildman–Crippen MR) is 54.9 cm³/mol. The molecule has 1 aliphatic rings. The minimum absolute atomic E-state index is 0.176. The van der Waals surface area contributed by atoms with Gasteiger partial charge in [0.05, 0.1) is 12.3 Å². The van der Waals surface area contributed by atoms with Crippen molar-refractivity contribution < 1.29 is 5.11 Å². The van der Waals surface area contributed by atoms with Crippen LogP contribution in [0.3, 0.4) is 0 Å².